The molecule has 1 amide bonds. The van der Waals surface area contributed by atoms with Crippen molar-refractivity contribution < 1.29 is 13.6 Å². The number of nitrogens with two attached hydrogens (primary N) is 2. The van der Waals surface area contributed by atoms with Crippen LogP contribution in [0.25, 0.3) is 0 Å². The summed E-state index contributed by atoms with van der Waals surface area (Å²) in [7, 11) is 0. The molecule has 8 heteroatoms. The molecule has 0 bridgehead atoms. The molecule has 6 nitrogen and oxygen atoms in total. The number of carbonyl (C=O) groups is 1. The first-order valence-electron chi connectivity index (χ1n) is 8.56. The number of nitrogens with one attached hydrogen (secondary N) is 1. The summed E-state index contributed by atoms with van der Waals surface area (Å²) < 4.78 is 26.9. The second kappa shape index (κ2) is 8.53. The SMILES string of the molecule is NC(=O)c1nc(Cc2cccc(CNCc3cccc(F)c3F)c2)cnc1N. The molecule has 0 radical (unpaired) electrons. The second-order valence-electron chi connectivity index (χ2n) is 6.27. The number of amides is 1. The molecule has 2 aromatic carbocycles. The van der Waals surface area contributed by atoms with Crippen LogP contribution in [-0.4, -0.2) is 15.9 Å². The normalized spacial score (nSPS) is 10.8. The Morgan fingerprint density at radius 3 is 2.61 bits per heavy atom. The number of primary amides is 1. The fourth-order valence-electron chi connectivity index (χ4n) is 2.79. The number of hydrogen-bond acceptors (Lipinski definition) is 5. The maximum atomic E-state index is 13.7. The molecular weight excluding hydrogens is 364 g/mol. The first-order valence-corrected chi connectivity index (χ1v) is 8.56. The van der Waals surface area contributed by atoms with Gasteiger partial charge in [0.2, 0.25) is 0 Å². The number of anilines is 1. The average molecular weight is 383 g/mol. The fraction of sp³-hybridized carbons (Fsp3) is 0.150. The van der Waals surface area contributed by atoms with Gasteiger partial charge in [-0.2, -0.15) is 0 Å². The quantitative estimate of drug-likeness (QED) is 0.580. The first kappa shape index (κ1) is 19.4. The summed E-state index contributed by atoms with van der Waals surface area (Å²) >= 11 is 0. The van der Waals surface area contributed by atoms with Crippen molar-refractivity contribution in [2.75, 3.05) is 5.73 Å². The van der Waals surface area contributed by atoms with Gasteiger partial charge in [0.1, 0.15) is 0 Å². The van der Waals surface area contributed by atoms with Crippen LogP contribution in [0.4, 0.5) is 14.6 Å². The molecule has 28 heavy (non-hydrogen) atoms. The Morgan fingerprint density at radius 1 is 1.07 bits per heavy atom. The number of aromatic nitrogens is 2. The van der Waals surface area contributed by atoms with E-state index in [9.17, 15) is 13.6 Å². The summed E-state index contributed by atoms with van der Waals surface area (Å²) in [6.07, 6.45) is 1.94. The van der Waals surface area contributed by atoms with Gasteiger partial charge in [-0.25, -0.2) is 18.7 Å². The standard InChI is InChI=1S/C20H19F2N5O/c21-16-6-2-5-14(17(16)22)10-25-9-13-4-1-3-12(7-13)8-15-11-26-19(23)18(27-15)20(24)28/h1-7,11,25H,8-10H2,(H2,23,26)(H2,24,28). The molecule has 0 atom stereocenters. The van der Waals surface area contributed by atoms with Crippen molar-refractivity contribution in [2.45, 2.75) is 19.5 Å². The van der Waals surface area contributed by atoms with Crippen LogP contribution >= 0.6 is 0 Å². The molecule has 0 fully saturated rings. The Hall–Kier alpha value is -3.39. The zero-order valence-corrected chi connectivity index (χ0v) is 15.0. The molecule has 1 aromatic heterocycles. The van der Waals surface area contributed by atoms with Crippen molar-refractivity contribution in [3.05, 3.63) is 88.4 Å². The number of rotatable bonds is 7. The van der Waals surface area contributed by atoms with E-state index in [1.807, 2.05) is 24.3 Å². The minimum absolute atomic E-state index is 0.00113. The van der Waals surface area contributed by atoms with Gasteiger partial charge in [-0.05, 0) is 17.2 Å². The van der Waals surface area contributed by atoms with Crippen molar-refractivity contribution in [2.24, 2.45) is 5.73 Å². The van der Waals surface area contributed by atoms with E-state index in [2.05, 4.69) is 15.3 Å². The van der Waals surface area contributed by atoms with E-state index in [0.717, 1.165) is 17.2 Å². The van der Waals surface area contributed by atoms with Crippen LogP contribution < -0.4 is 16.8 Å². The van der Waals surface area contributed by atoms with Crippen molar-refractivity contribution >= 4 is 11.7 Å². The third kappa shape index (κ3) is 4.66. The van der Waals surface area contributed by atoms with E-state index in [1.54, 1.807) is 0 Å². The minimum atomic E-state index is -0.860. The van der Waals surface area contributed by atoms with Gasteiger partial charge in [0.05, 0.1) is 11.9 Å². The summed E-state index contributed by atoms with van der Waals surface area (Å²) in [6, 6.07) is 11.8. The fourth-order valence-corrected chi connectivity index (χ4v) is 2.79. The van der Waals surface area contributed by atoms with E-state index >= 15 is 0 Å². The Labute approximate surface area is 160 Å². The van der Waals surface area contributed by atoms with Crippen LogP contribution in [0.2, 0.25) is 0 Å². The maximum Gasteiger partial charge on any atom is 0.271 e. The van der Waals surface area contributed by atoms with Crippen LogP contribution in [0.15, 0.2) is 48.7 Å². The molecule has 3 aromatic rings. The highest BCUT2D eigenvalue weighted by molar-refractivity contribution is 5.94. The third-order valence-electron chi connectivity index (χ3n) is 4.14. The molecule has 0 aliphatic heterocycles. The second-order valence-corrected chi connectivity index (χ2v) is 6.27. The Morgan fingerprint density at radius 2 is 1.82 bits per heavy atom. The predicted octanol–water partition coefficient (Wildman–Crippen LogP) is 2.32. The van der Waals surface area contributed by atoms with Crippen LogP contribution in [0.5, 0.6) is 0 Å². The molecule has 0 spiro atoms. The summed E-state index contributed by atoms with van der Waals surface area (Å²) in [5.41, 5.74) is 13.5. The van der Waals surface area contributed by atoms with Crippen molar-refractivity contribution in [3.8, 4) is 0 Å². The number of benzene rings is 2. The van der Waals surface area contributed by atoms with Gasteiger partial charge in [0, 0.05) is 25.1 Å². The summed E-state index contributed by atoms with van der Waals surface area (Å²) in [4.78, 5) is 19.5. The topological polar surface area (TPSA) is 107 Å². The highest BCUT2D eigenvalue weighted by Gasteiger charge is 2.11. The smallest absolute Gasteiger partial charge is 0.271 e. The van der Waals surface area contributed by atoms with Crippen LogP contribution in [0.1, 0.15) is 32.9 Å². The van der Waals surface area contributed by atoms with Crippen molar-refractivity contribution in [1.29, 1.82) is 0 Å². The Kier molecular flexibility index (Phi) is 5.90. The highest BCUT2D eigenvalue weighted by atomic mass is 19.2. The van der Waals surface area contributed by atoms with Crippen LogP contribution in [-0.2, 0) is 19.5 Å². The van der Waals surface area contributed by atoms with E-state index in [0.29, 0.717) is 18.7 Å². The molecule has 3 rings (SSSR count). The first-order chi connectivity index (χ1) is 13.4. The Bertz CT molecular complexity index is 1010. The molecule has 1 heterocycles. The lowest BCUT2D eigenvalue weighted by Gasteiger charge is -2.09. The van der Waals surface area contributed by atoms with Gasteiger partial charge >= 0.3 is 0 Å². The van der Waals surface area contributed by atoms with E-state index in [-0.39, 0.29) is 23.6 Å². The zero-order valence-electron chi connectivity index (χ0n) is 15.0. The molecule has 144 valence electrons. The van der Waals surface area contributed by atoms with Crippen molar-refractivity contribution in [1.82, 2.24) is 15.3 Å². The molecule has 0 unspecified atom stereocenters. The molecule has 0 saturated heterocycles. The van der Waals surface area contributed by atoms with Crippen molar-refractivity contribution in [3.63, 3.8) is 0 Å². The molecule has 0 aliphatic rings. The lowest BCUT2D eigenvalue weighted by molar-refractivity contribution is 0.0996. The number of halogens is 2. The lowest BCUT2D eigenvalue weighted by atomic mass is 10.1. The average Bonchev–Trinajstić information content (AvgIpc) is 2.67. The van der Waals surface area contributed by atoms with Gasteiger partial charge in [-0.1, -0.05) is 36.4 Å². The van der Waals surface area contributed by atoms with E-state index in [1.165, 1.54) is 18.3 Å². The summed E-state index contributed by atoms with van der Waals surface area (Å²) in [6.45, 7) is 0.684. The van der Waals surface area contributed by atoms with Gasteiger partial charge < -0.3 is 16.8 Å². The highest BCUT2D eigenvalue weighted by Crippen LogP contribution is 2.14. The van der Waals surface area contributed by atoms with E-state index in [4.69, 9.17) is 11.5 Å². The molecule has 0 saturated carbocycles. The van der Waals surface area contributed by atoms with Gasteiger partial charge in [-0.3, -0.25) is 4.79 Å². The van der Waals surface area contributed by atoms with Crippen LogP contribution in [0, 0.1) is 11.6 Å². The number of carbonyl (C=O) groups excluding carboxylic acids is 1. The minimum Gasteiger partial charge on any atom is -0.382 e. The van der Waals surface area contributed by atoms with Crippen LogP contribution in [0.3, 0.4) is 0 Å². The molecule has 5 N–H and O–H groups in total. The van der Waals surface area contributed by atoms with Gasteiger partial charge in [0.25, 0.3) is 5.91 Å². The zero-order chi connectivity index (χ0) is 20.1. The molecular formula is C20H19F2N5O. The number of hydrogen-bond donors (Lipinski definition) is 3. The molecule has 0 aliphatic carbocycles. The monoisotopic (exact) mass is 383 g/mol. The largest absolute Gasteiger partial charge is 0.382 e. The third-order valence-corrected chi connectivity index (χ3v) is 4.14. The predicted molar refractivity (Wildman–Crippen MR) is 101 cm³/mol. The number of nitrogen functional groups attached to an aromatic ring is 1. The maximum absolute atomic E-state index is 13.7. The summed E-state index contributed by atoms with van der Waals surface area (Å²) in [5, 5.41) is 3.10. The van der Waals surface area contributed by atoms with Gasteiger partial charge in [-0.15, -0.1) is 0 Å². The number of nitrogens with zero attached hydrogens (tertiary/aromatic N) is 2. The lowest BCUT2D eigenvalue weighted by Crippen LogP contribution is -2.17. The van der Waals surface area contributed by atoms with Gasteiger partial charge in [0.15, 0.2) is 23.1 Å². The van der Waals surface area contributed by atoms with E-state index < -0.39 is 17.5 Å². The summed E-state index contributed by atoms with van der Waals surface area (Å²) in [5.74, 6) is -2.43. The Balaban J connectivity index is 1.65.